The smallest absolute Gasteiger partial charge is 0.0673 e. The van der Waals surface area contributed by atoms with E-state index in [0.717, 1.165) is 5.69 Å². The minimum Gasteiger partial charge on any atom is -0.260 e. The maximum Gasteiger partial charge on any atom is 0.0673 e. The molecule has 3 nitrogen and oxygen atoms in total. The van der Waals surface area contributed by atoms with Gasteiger partial charge >= 0.3 is 0 Å². The second-order valence-corrected chi connectivity index (χ2v) is 3.29. The molecule has 0 saturated carbocycles. The van der Waals surface area contributed by atoms with Gasteiger partial charge in [-0.15, -0.1) is 0 Å². The predicted octanol–water partition coefficient (Wildman–Crippen LogP) is 3.18. The van der Waals surface area contributed by atoms with E-state index in [0.29, 0.717) is 0 Å². The van der Waals surface area contributed by atoms with E-state index in [-0.39, 0.29) is 6.04 Å². The molecule has 70 valence electrons. The molecule has 3 heteroatoms. The number of nitrogens with one attached hydrogen (secondary N) is 1. The Bertz CT molecular complexity index is 275. The van der Waals surface area contributed by atoms with Gasteiger partial charge in [-0.25, -0.2) is 0 Å². The summed E-state index contributed by atoms with van der Waals surface area (Å²) in [5.41, 5.74) is 5.07. The molecular formula is C10H15N3. The van der Waals surface area contributed by atoms with E-state index >= 15 is 0 Å². The van der Waals surface area contributed by atoms with Crippen LogP contribution < -0.4 is 5.43 Å². The second-order valence-electron chi connectivity index (χ2n) is 3.29. The Labute approximate surface area is 78.9 Å². The molecule has 0 heterocycles. The van der Waals surface area contributed by atoms with Crippen LogP contribution in [0.1, 0.15) is 19.4 Å². The number of aryl methyl sites for hydroxylation is 1. The average Bonchev–Trinajstić information content (AvgIpc) is 2.08. The average molecular weight is 177 g/mol. The van der Waals surface area contributed by atoms with Crippen molar-refractivity contribution in [2.24, 2.45) is 10.3 Å². The van der Waals surface area contributed by atoms with Crippen LogP contribution in [0.3, 0.4) is 0 Å². The summed E-state index contributed by atoms with van der Waals surface area (Å²) in [6, 6.07) is 8.27. The highest BCUT2D eigenvalue weighted by Gasteiger charge is 1.89. The molecule has 0 fully saturated rings. The fourth-order valence-electron chi connectivity index (χ4n) is 0.830. The summed E-state index contributed by atoms with van der Waals surface area (Å²) in [5.74, 6) is 0. The third kappa shape index (κ3) is 3.69. The normalized spacial score (nSPS) is 11.1. The monoisotopic (exact) mass is 177 g/mol. The number of benzene rings is 1. The molecule has 0 unspecified atom stereocenters. The van der Waals surface area contributed by atoms with Gasteiger partial charge in [0.1, 0.15) is 0 Å². The largest absolute Gasteiger partial charge is 0.260 e. The van der Waals surface area contributed by atoms with Crippen molar-refractivity contribution in [3.05, 3.63) is 29.8 Å². The number of hydrogen-bond acceptors (Lipinski definition) is 2. The van der Waals surface area contributed by atoms with Crippen molar-refractivity contribution in [1.82, 2.24) is 0 Å². The molecule has 0 saturated heterocycles. The van der Waals surface area contributed by atoms with Crippen molar-refractivity contribution in [2.75, 3.05) is 5.43 Å². The minimum atomic E-state index is 0.234. The number of nitrogens with zero attached hydrogens (tertiary/aromatic N) is 2. The van der Waals surface area contributed by atoms with Crippen molar-refractivity contribution >= 4 is 5.69 Å². The molecule has 0 radical (unpaired) electrons. The quantitative estimate of drug-likeness (QED) is 0.558. The van der Waals surface area contributed by atoms with Gasteiger partial charge in [0.25, 0.3) is 0 Å². The van der Waals surface area contributed by atoms with E-state index < -0.39 is 0 Å². The molecule has 0 aliphatic heterocycles. The summed E-state index contributed by atoms with van der Waals surface area (Å²) in [5, 5.41) is 7.80. The standard InChI is InChI=1S/C10H15N3/c1-8(2)11-13-12-10-6-4-9(3)5-7-10/h4-8H,1-3H3,(H,11,12). The van der Waals surface area contributed by atoms with Crippen molar-refractivity contribution in [2.45, 2.75) is 26.8 Å². The highest BCUT2D eigenvalue weighted by Crippen LogP contribution is 2.08. The topological polar surface area (TPSA) is 36.8 Å². The minimum absolute atomic E-state index is 0.234. The van der Waals surface area contributed by atoms with Gasteiger partial charge in [-0.05, 0) is 32.9 Å². The summed E-state index contributed by atoms with van der Waals surface area (Å²) in [6.07, 6.45) is 0. The molecule has 1 aromatic rings. The van der Waals surface area contributed by atoms with E-state index in [4.69, 9.17) is 0 Å². The lowest BCUT2D eigenvalue weighted by Crippen LogP contribution is -1.91. The molecular weight excluding hydrogens is 162 g/mol. The Balaban J connectivity index is 2.50. The SMILES string of the molecule is Cc1ccc(NN=NC(C)C)cc1. The zero-order chi connectivity index (χ0) is 9.68. The van der Waals surface area contributed by atoms with Crippen LogP contribution in [0.2, 0.25) is 0 Å². The predicted molar refractivity (Wildman–Crippen MR) is 54.8 cm³/mol. The first kappa shape index (κ1) is 9.71. The molecule has 0 bridgehead atoms. The Morgan fingerprint density at radius 1 is 1.15 bits per heavy atom. The zero-order valence-corrected chi connectivity index (χ0v) is 8.28. The third-order valence-electron chi connectivity index (χ3n) is 1.52. The van der Waals surface area contributed by atoms with Crippen LogP contribution in [0.5, 0.6) is 0 Å². The fraction of sp³-hybridized carbons (Fsp3) is 0.400. The van der Waals surface area contributed by atoms with Gasteiger partial charge in [0.2, 0.25) is 0 Å². The molecule has 1 N–H and O–H groups in total. The van der Waals surface area contributed by atoms with Gasteiger partial charge in [0, 0.05) is 0 Å². The number of hydrogen-bond donors (Lipinski definition) is 1. The van der Waals surface area contributed by atoms with E-state index in [1.54, 1.807) is 0 Å². The third-order valence-corrected chi connectivity index (χ3v) is 1.52. The Hall–Kier alpha value is -1.38. The summed E-state index contributed by atoms with van der Waals surface area (Å²) in [6.45, 7) is 6.03. The Morgan fingerprint density at radius 3 is 2.31 bits per heavy atom. The van der Waals surface area contributed by atoms with Gasteiger partial charge < -0.3 is 0 Å². The first-order valence-corrected chi connectivity index (χ1v) is 4.41. The van der Waals surface area contributed by atoms with Crippen molar-refractivity contribution in [1.29, 1.82) is 0 Å². The summed E-state index contributed by atoms with van der Waals surface area (Å²) < 4.78 is 0. The number of rotatable bonds is 3. The Kier molecular flexibility index (Phi) is 3.43. The molecule has 1 rings (SSSR count). The first-order valence-electron chi connectivity index (χ1n) is 4.41. The van der Waals surface area contributed by atoms with E-state index in [1.165, 1.54) is 5.56 Å². The van der Waals surface area contributed by atoms with E-state index in [1.807, 2.05) is 38.1 Å². The van der Waals surface area contributed by atoms with Crippen LogP contribution in [0.4, 0.5) is 5.69 Å². The van der Waals surface area contributed by atoms with Crippen molar-refractivity contribution in [3.63, 3.8) is 0 Å². The fourth-order valence-corrected chi connectivity index (χ4v) is 0.830. The van der Waals surface area contributed by atoms with Crippen LogP contribution in [0.15, 0.2) is 34.6 Å². The van der Waals surface area contributed by atoms with Crippen LogP contribution in [-0.4, -0.2) is 6.04 Å². The van der Waals surface area contributed by atoms with Gasteiger partial charge in [0.15, 0.2) is 0 Å². The number of anilines is 1. The maximum atomic E-state index is 3.96. The van der Waals surface area contributed by atoms with Crippen LogP contribution in [-0.2, 0) is 0 Å². The summed E-state index contributed by atoms with van der Waals surface area (Å²) in [4.78, 5) is 0. The molecule has 0 aromatic heterocycles. The molecule has 0 amide bonds. The summed E-state index contributed by atoms with van der Waals surface area (Å²) >= 11 is 0. The van der Waals surface area contributed by atoms with Crippen LogP contribution in [0, 0.1) is 6.92 Å². The molecule has 0 aliphatic carbocycles. The highest BCUT2D eigenvalue weighted by atomic mass is 15.4. The zero-order valence-electron chi connectivity index (χ0n) is 8.28. The van der Waals surface area contributed by atoms with Crippen molar-refractivity contribution in [3.8, 4) is 0 Å². The van der Waals surface area contributed by atoms with E-state index in [2.05, 4.69) is 22.7 Å². The van der Waals surface area contributed by atoms with Gasteiger partial charge in [-0.1, -0.05) is 22.9 Å². The van der Waals surface area contributed by atoms with E-state index in [9.17, 15) is 0 Å². The molecule has 0 aliphatic rings. The van der Waals surface area contributed by atoms with Crippen LogP contribution >= 0.6 is 0 Å². The molecule has 0 spiro atoms. The van der Waals surface area contributed by atoms with Crippen molar-refractivity contribution < 1.29 is 0 Å². The highest BCUT2D eigenvalue weighted by molar-refractivity contribution is 5.43. The lowest BCUT2D eigenvalue weighted by atomic mass is 10.2. The second kappa shape index (κ2) is 4.60. The Morgan fingerprint density at radius 2 is 1.77 bits per heavy atom. The molecule has 13 heavy (non-hydrogen) atoms. The van der Waals surface area contributed by atoms with Crippen LogP contribution in [0.25, 0.3) is 0 Å². The van der Waals surface area contributed by atoms with Gasteiger partial charge in [0.05, 0.1) is 11.7 Å². The maximum absolute atomic E-state index is 3.96. The van der Waals surface area contributed by atoms with Gasteiger partial charge in [-0.2, -0.15) is 5.11 Å². The molecule has 1 aromatic carbocycles. The lowest BCUT2D eigenvalue weighted by molar-refractivity contribution is 0.764. The van der Waals surface area contributed by atoms with Gasteiger partial charge in [-0.3, -0.25) is 5.43 Å². The molecule has 0 atom stereocenters. The summed E-state index contributed by atoms with van der Waals surface area (Å²) in [7, 11) is 0. The lowest BCUT2D eigenvalue weighted by Gasteiger charge is -1.99. The first-order chi connectivity index (χ1) is 6.18.